The van der Waals surface area contributed by atoms with Crippen molar-refractivity contribution in [1.82, 2.24) is 15.2 Å². The average molecular weight is 262 g/mol. The molecule has 0 aliphatic carbocycles. The van der Waals surface area contributed by atoms with Gasteiger partial charge in [-0.15, -0.1) is 0 Å². The van der Waals surface area contributed by atoms with E-state index in [1.165, 1.54) is 12.8 Å². The van der Waals surface area contributed by atoms with E-state index in [4.69, 9.17) is 0 Å². The molecule has 1 aromatic rings. The molecule has 19 heavy (non-hydrogen) atoms. The third-order valence-electron chi connectivity index (χ3n) is 3.39. The highest BCUT2D eigenvalue weighted by Crippen LogP contribution is 2.12. The number of hydrogen-bond acceptors (Lipinski definition) is 4. The lowest BCUT2D eigenvalue weighted by Gasteiger charge is -2.23. The summed E-state index contributed by atoms with van der Waals surface area (Å²) < 4.78 is 0. The lowest BCUT2D eigenvalue weighted by Crippen LogP contribution is -2.33. The van der Waals surface area contributed by atoms with Crippen molar-refractivity contribution in [3.05, 3.63) is 23.9 Å². The van der Waals surface area contributed by atoms with Crippen LogP contribution in [-0.4, -0.2) is 49.5 Å². The zero-order chi connectivity index (χ0) is 13.7. The average Bonchev–Trinajstić information content (AvgIpc) is 2.46. The van der Waals surface area contributed by atoms with E-state index in [0.29, 0.717) is 11.5 Å². The Morgan fingerprint density at radius 1 is 1.53 bits per heavy atom. The molecule has 1 amide bonds. The van der Waals surface area contributed by atoms with Crippen molar-refractivity contribution in [3.63, 3.8) is 0 Å². The Labute approximate surface area is 114 Å². The monoisotopic (exact) mass is 262 g/mol. The number of pyridine rings is 1. The fourth-order valence-corrected chi connectivity index (χ4v) is 2.23. The molecule has 5 heteroatoms. The van der Waals surface area contributed by atoms with Crippen LogP contribution in [0.25, 0.3) is 0 Å². The number of piperidine rings is 1. The van der Waals surface area contributed by atoms with Crippen molar-refractivity contribution in [2.75, 3.05) is 39.0 Å². The third-order valence-corrected chi connectivity index (χ3v) is 3.39. The predicted molar refractivity (Wildman–Crippen MR) is 76.3 cm³/mol. The van der Waals surface area contributed by atoms with Crippen LogP contribution in [0, 0.1) is 5.92 Å². The molecule has 1 aliphatic rings. The maximum Gasteiger partial charge on any atom is 0.254 e. The zero-order valence-electron chi connectivity index (χ0n) is 11.6. The summed E-state index contributed by atoms with van der Waals surface area (Å²) in [6, 6.07) is 3.68. The Kier molecular flexibility index (Phi) is 4.74. The van der Waals surface area contributed by atoms with E-state index in [1.54, 1.807) is 25.2 Å². The molecule has 1 saturated heterocycles. The number of amides is 1. The van der Waals surface area contributed by atoms with Gasteiger partial charge >= 0.3 is 0 Å². The summed E-state index contributed by atoms with van der Waals surface area (Å²) in [5.74, 6) is 1.48. The molecule has 0 aromatic carbocycles. The Hall–Kier alpha value is -1.62. The van der Waals surface area contributed by atoms with Gasteiger partial charge in [0.05, 0.1) is 5.56 Å². The largest absolute Gasteiger partial charge is 0.370 e. The Morgan fingerprint density at radius 3 is 2.95 bits per heavy atom. The molecule has 1 aromatic heterocycles. The van der Waals surface area contributed by atoms with Gasteiger partial charge in [0, 0.05) is 26.8 Å². The summed E-state index contributed by atoms with van der Waals surface area (Å²) in [6.07, 6.45) is 4.14. The lowest BCUT2D eigenvalue weighted by molar-refractivity contribution is 0.0827. The quantitative estimate of drug-likeness (QED) is 0.856. The number of aromatic nitrogens is 1. The number of nitrogens with zero attached hydrogens (tertiary/aromatic N) is 2. The number of carbonyl (C=O) groups is 1. The minimum Gasteiger partial charge on any atom is -0.370 e. The molecule has 2 N–H and O–H groups in total. The standard InChI is InChI=1S/C14H22N4O/c1-18(2)14(19)12-5-6-13(17-10-12)16-9-11-4-3-7-15-8-11/h5-6,10-11,15H,3-4,7-9H2,1-2H3,(H,16,17). The van der Waals surface area contributed by atoms with Crippen LogP contribution in [0.5, 0.6) is 0 Å². The van der Waals surface area contributed by atoms with Crippen LogP contribution in [0.3, 0.4) is 0 Å². The number of anilines is 1. The van der Waals surface area contributed by atoms with Crippen LogP contribution >= 0.6 is 0 Å². The molecule has 104 valence electrons. The highest BCUT2D eigenvalue weighted by atomic mass is 16.2. The summed E-state index contributed by atoms with van der Waals surface area (Å²) >= 11 is 0. The van der Waals surface area contributed by atoms with E-state index in [1.807, 2.05) is 12.1 Å². The van der Waals surface area contributed by atoms with Gasteiger partial charge in [-0.25, -0.2) is 4.98 Å². The van der Waals surface area contributed by atoms with Crippen LogP contribution in [0.2, 0.25) is 0 Å². The van der Waals surface area contributed by atoms with Gasteiger partial charge in [0.1, 0.15) is 5.82 Å². The molecule has 0 spiro atoms. The molecule has 2 heterocycles. The lowest BCUT2D eigenvalue weighted by atomic mass is 10.00. The van der Waals surface area contributed by atoms with Crippen LogP contribution in [0.15, 0.2) is 18.3 Å². The summed E-state index contributed by atoms with van der Waals surface area (Å²) in [5.41, 5.74) is 0.620. The third kappa shape index (κ3) is 3.92. The van der Waals surface area contributed by atoms with Gasteiger partial charge in [-0.1, -0.05) is 0 Å². The first-order chi connectivity index (χ1) is 9.16. The summed E-state index contributed by atoms with van der Waals surface area (Å²) in [7, 11) is 3.48. The van der Waals surface area contributed by atoms with Crippen LogP contribution in [-0.2, 0) is 0 Å². The Bertz CT molecular complexity index is 410. The Balaban J connectivity index is 1.86. The molecular weight excluding hydrogens is 240 g/mol. The molecule has 1 fully saturated rings. The molecule has 2 rings (SSSR count). The molecular formula is C14H22N4O. The molecule has 0 saturated carbocycles. The maximum atomic E-state index is 11.7. The fourth-order valence-electron chi connectivity index (χ4n) is 2.23. The second kappa shape index (κ2) is 6.52. The molecule has 1 unspecified atom stereocenters. The van der Waals surface area contributed by atoms with E-state index in [9.17, 15) is 4.79 Å². The topological polar surface area (TPSA) is 57.3 Å². The van der Waals surface area contributed by atoms with Crippen molar-refractivity contribution in [3.8, 4) is 0 Å². The SMILES string of the molecule is CN(C)C(=O)c1ccc(NCC2CCCNC2)nc1. The second-order valence-electron chi connectivity index (χ2n) is 5.22. The smallest absolute Gasteiger partial charge is 0.254 e. The van der Waals surface area contributed by atoms with Gasteiger partial charge in [-0.05, 0) is 44.0 Å². The molecule has 1 aliphatic heterocycles. The molecule has 0 bridgehead atoms. The van der Waals surface area contributed by atoms with E-state index in [0.717, 1.165) is 25.5 Å². The molecule has 5 nitrogen and oxygen atoms in total. The first kappa shape index (κ1) is 13.8. The normalized spacial score (nSPS) is 18.9. The van der Waals surface area contributed by atoms with Gasteiger partial charge in [-0.2, -0.15) is 0 Å². The first-order valence-electron chi connectivity index (χ1n) is 6.79. The highest BCUT2D eigenvalue weighted by molar-refractivity contribution is 5.93. The minimum atomic E-state index is -0.0180. The van der Waals surface area contributed by atoms with Crippen LogP contribution < -0.4 is 10.6 Å². The van der Waals surface area contributed by atoms with Gasteiger partial charge in [0.15, 0.2) is 0 Å². The summed E-state index contributed by atoms with van der Waals surface area (Å²) in [5, 5.41) is 6.73. The summed E-state index contributed by atoms with van der Waals surface area (Å²) in [4.78, 5) is 17.6. The fraction of sp³-hybridized carbons (Fsp3) is 0.571. The Morgan fingerprint density at radius 2 is 2.37 bits per heavy atom. The van der Waals surface area contributed by atoms with Crippen molar-refractivity contribution in [1.29, 1.82) is 0 Å². The highest BCUT2D eigenvalue weighted by Gasteiger charge is 2.13. The molecule has 1 atom stereocenters. The zero-order valence-corrected chi connectivity index (χ0v) is 11.6. The predicted octanol–water partition coefficient (Wildman–Crippen LogP) is 1.19. The first-order valence-corrected chi connectivity index (χ1v) is 6.79. The van der Waals surface area contributed by atoms with Gasteiger partial charge < -0.3 is 15.5 Å². The second-order valence-corrected chi connectivity index (χ2v) is 5.22. The van der Waals surface area contributed by atoms with E-state index >= 15 is 0 Å². The van der Waals surface area contributed by atoms with Gasteiger partial charge in [0.25, 0.3) is 5.91 Å². The van der Waals surface area contributed by atoms with Crippen LogP contribution in [0.4, 0.5) is 5.82 Å². The van der Waals surface area contributed by atoms with Crippen molar-refractivity contribution < 1.29 is 4.79 Å². The minimum absolute atomic E-state index is 0.0180. The number of carbonyl (C=O) groups excluding carboxylic acids is 1. The van der Waals surface area contributed by atoms with E-state index < -0.39 is 0 Å². The molecule has 0 radical (unpaired) electrons. The summed E-state index contributed by atoms with van der Waals surface area (Å²) in [6.45, 7) is 3.14. The number of rotatable bonds is 4. The van der Waals surface area contributed by atoms with Crippen molar-refractivity contribution >= 4 is 11.7 Å². The van der Waals surface area contributed by atoms with E-state index in [2.05, 4.69) is 15.6 Å². The number of nitrogens with one attached hydrogen (secondary N) is 2. The van der Waals surface area contributed by atoms with Crippen molar-refractivity contribution in [2.24, 2.45) is 5.92 Å². The van der Waals surface area contributed by atoms with Crippen LogP contribution in [0.1, 0.15) is 23.2 Å². The van der Waals surface area contributed by atoms with Gasteiger partial charge in [0.2, 0.25) is 0 Å². The number of hydrogen-bond donors (Lipinski definition) is 2. The van der Waals surface area contributed by atoms with E-state index in [-0.39, 0.29) is 5.91 Å². The maximum absolute atomic E-state index is 11.7. The van der Waals surface area contributed by atoms with Crippen molar-refractivity contribution in [2.45, 2.75) is 12.8 Å². The van der Waals surface area contributed by atoms with Gasteiger partial charge in [-0.3, -0.25) is 4.79 Å².